The van der Waals surface area contributed by atoms with Crippen molar-refractivity contribution in [3.8, 4) is 5.75 Å². The third-order valence-electron chi connectivity index (χ3n) is 5.28. The first kappa shape index (κ1) is 19.2. The van der Waals surface area contributed by atoms with E-state index in [4.69, 9.17) is 9.72 Å². The monoisotopic (exact) mass is 393 g/mol. The second-order valence-electron chi connectivity index (χ2n) is 7.48. The number of rotatable bonds is 5. The number of anilines is 2. The molecule has 6 heteroatoms. The van der Waals surface area contributed by atoms with Gasteiger partial charge < -0.3 is 15.0 Å². The molecule has 0 aliphatic carbocycles. The van der Waals surface area contributed by atoms with Crippen LogP contribution in [0.2, 0.25) is 0 Å². The molecule has 1 aliphatic heterocycles. The van der Waals surface area contributed by atoms with Crippen LogP contribution in [0.4, 0.5) is 15.9 Å². The molecule has 1 N–H and O–H groups in total. The van der Waals surface area contributed by atoms with E-state index in [1.54, 1.807) is 18.2 Å². The molecule has 2 heterocycles. The summed E-state index contributed by atoms with van der Waals surface area (Å²) in [4.78, 5) is 19.3. The Morgan fingerprint density at radius 2 is 1.93 bits per heavy atom. The van der Waals surface area contributed by atoms with Crippen LogP contribution in [0, 0.1) is 11.7 Å². The third kappa shape index (κ3) is 4.47. The maximum atomic E-state index is 13.7. The summed E-state index contributed by atoms with van der Waals surface area (Å²) in [5, 5.41) is 3.48. The van der Waals surface area contributed by atoms with Gasteiger partial charge in [-0.05, 0) is 49.1 Å². The van der Waals surface area contributed by atoms with Gasteiger partial charge in [-0.25, -0.2) is 9.37 Å². The van der Waals surface area contributed by atoms with E-state index >= 15 is 0 Å². The maximum absolute atomic E-state index is 13.7. The molecule has 1 fully saturated rings. The number of hydrogen-bond acceptors (Lipinski definition) is 4. The van der Waals surface area contributed by atoms with Crippen LogP contribution in [0.1, 0.15) is 19.8 Å². The molecule has 0 radical (unpaired) electrons. The van der Waals surface area contributed by atoms with Crippen molar-refractivity contribution in [1.82, 2.24) is 4.98 Å². The van der Waals surface area contributed by atoms with Crippen molar-refractivity contribution < 1.29 is 13.9 Å². The van der Waals surface area contributed by atoms with Crippen molar-refractivity contribution in [2.24, 2.45) is 5.92 Å². The molecule has 3 aromatic rings. The number of fused-ring (bicyclic) bond motifs is 1. The molecule has 1 aliphatic rings. The van der Waals surface area contributed by atoms with Gasteiger partial charge in [-0.2, -0.15) is 0 Å². The minimum Gasteiger partial charge on any atom is -0.481 e. The Hall–Kier alpha value is -3.15. The predicted molar refractivity (Wildman–Crippen MR) is 113 cm³/mol. The number of para-hydroxylation sites is 2. The van der Waals surface area contributed by atoms with Crippen LogP contribution in [0.3, 0.4) is 0 Å². The number of pyridine rings is 1. The molecule has 2 aromatic carbocycles. The fourth-order valence-electron chi connectivity index (χ4n) is 3.53. The number of nitrogens with one attached hydrogen (secondary N) is 1. The molecule has 0 bridgehead atoms. The van der Waals surface area contributed by atoms with Gasteiger partial charge in [0.05, 0.1) is 5.69 Å². The van der Waals surface area contributed by atoms with Gasteiger partial charge in [0.15, 0.2) is 6.61 Å². The molecule has 29 heavy (non-hydrogen) atoms. The number of carbonyl (C=O) groups is 1. The maximum Gasteiger partial charge on any atom is 0.262 e. The highest BCUT2D eigenvalue weighted by Crippen LogP contribution is 2.28. The summed E-state index contributed by atoms with van der Waals surface area (Å²) in [6.07, 6.45) is 2.32. The number of aromatic nitrogens is 1. The van der Waals surface area contributed by atoms with E-state index in [0.29, 0.717) is 5.75 Å². The van der Waals surface area contributed by atoms with E-state index in [9.17, 15) is 9.18 Å². The van der Waals surface area contributed by atoms with E-state index in [1.807, 2.05) is 24.3 Å². The smallest absolute Gasteiger partial charge is 0.262 e. The molecule has 4 rings (SSSR count). The Bertz CT molecular complexity index is 1020. The quantitative estimate of drug-likeness (QED) is 0.687. The number of carbonyl (C=O) groups excluding carboxylic acids is 1. The second-order valence-corrected chi connectivity index (χ2v) is 7.48. The molecular formula is C23H24FN3O2. The van der Waals surface area contributed by atoms with Gasteiger partial charge in [0.25, 0.3) is 5.91 Å². The topological polar surface area (TPSA) is 54.5 Å². The molecule has 0 spiro atoms. The molecule has 1 saturated heterocycles. The van der Waals surface area contributed by atoms with Crippen LogP contribution < -0.4 is 15.0 Å². The van der Waals surface area contributed by atoms with Gasteiger partial charge in [0, 0.05) is 18.5 Å². The first-order valence-electron chi connectivity index (χ1n) is 9.92. The molecule has 0 saturated carbocycles. The van der Waals surface area contributed by atoms with Crippen LogP contribution in [0.5, 0.6) is 5.75 Å². The first-order valence-corrected chi connectivity index (χ1v) is 9.92. The summed E-state index contributed by atoms with van der Waals surface area (Å²) in [6.45, 7) is 4.05. The highest BCUT2D eigenvalue weighted by molar-refractivity contribution is 5.92. The lowest BCUT2D eigenvalue weighted by Crippen LogP contribution is -2.33. The molecule has 150 valence electrons. The minimum atomic E-state index is -0.479. The Labute approximate surface area is 169 Å². The number of amides is 1. The highest BCUT2D eigenvalue weighted by atomic mass is 19.1. The fourth-order valence-corrected chi connectivity index (χ4v) is 3.53. The number of nitrogens with zero attached hydrogens (tertiary/aromatic N) is 2. The molecule has 1 aromatic heterocycles. The van der Waals surface area contributed by atoms with E-state index in [-0.39, 0.29) is 12.3 Å². The number of benzene rings is 2. The van der Waals surface area contributed by atoms with Crippen LogP contribution in [-0.2, 0) is 4.79 Å². The lowest BCUT2D eigenvalue weighted by Gasteiger charge is -2.31. The Morgan fingerprint density at radius 3 is 2.72 bits per heavy atom. The van der Waals surface area contributed by atoms with E-state index in [0.717, 1.165) is 48.6 Å². The standard InChI is InChI=1S/C23H24FN3O2/c1-16-11-13-27(14-12-16)21-10-9-17-5-4-8-20(23(17)26-21)29-15-22(28)25-19-7-3-2-6-18(19)24/h2-10,16H,11-15H2,1H3,(H,25,28). The summed E-state index contributed by atoms with van der Waals surface area (Å²) in [5.41, 5.74) is 0.862. The van der Waals surface area contributed by atoms with E-state index in [1.165, 1.54) is 12.1 Å². The van der Waals surface area contributed by atoms with Gasteiger partial charge in [-0.15, -0.1) is 0 Å². The number of hydrogen-bond donors (Lipinski definition) is 1. The van der Waals surface area contributed by atoms with Crippen LogP contribution in [0.15, 0.2) is 54.6 Å². The van der Waals surface area contributed by atoms with Crippen LogP contribution >= 0.6 is 0 Å². The normalized spacial score (nSPS) is 14.8. The summed E-state index contributed by atoms with van der Waals surface area (Å²) in [6, 6.07) is 15.8. The summed E-state index contributed by atoms with van der Waals surface area (Å²) < 4.78 is 19.4. The third-order valence-corrected chi connectivity index (χ3v) is 5.28. The average molecular weight is 393 g/mol. The molecular weight excluding hydrogens is 369 g/mol. The van der Waals surface area contributed by atoms with Crippen molar-refractivity contribution in [3.63, 3.8) is 0 Å². The zero-order valence-electron chi connectivity index (χ0n) is 16.4. The van der Waals surface area contributed by atoms with Crippen LogP contribution in [-0.4, -0.2) is 30.6 Å². The molecule has 5 nitrogen and oxygen atoms in total. The minimum absolute atomic E-state index is 0.138. The number of halogens is 1. The lowest BCUT2D eigenvalue weighted by atomic mass is 9.99. The van der Waals surface area contributed by atoms with Crippen molar-refractivity contribution in [1.29, 1.82) is 0 Å². The predicted octanol–water partition coefficient (Wildman–Crippen LogP) is 4.63. The average Bonchev–Trinajstić information content (AvgIpc) is 2.74. The fraction of sp³-hybridized carbons (Fsp3) is 0.304. The number of piperidine rings is 1. The molecule has 0 unspecified atom stereocenters. The lowest BCUT2D eigenvalue weighted by molar-refractivity contribution is -0.118. The Morgan fingerprint density at radius 1 is 1.14 bits per heavy atom. The van der Waals surface area contributed by atoms with E-state index in [2.05, 4.69) is 17.1 Å². The first-order chi connectivity index (χ1) is 14.1. The summed E-state index contributed by atoms with van der Waals surface area (Å²) in [7, 11) is 0. The van der Waals surface area contributed by atoms with Crippen molar-refractivity contribution >= 4 is 28.3 Å². The zero-order valence-corrected chi connectivity index (χ0v) is 16.4. The zero-order chi connectivity index (χ0) is 20.2. The highest BCUT2D eigenvalue weighted by Gasteiger charge is 2.18. The van der Waals surface area contributed by atoms with Gasteiger partial charge >= 0.3 is 0 Å². The molecule has 0 atom stereocenters. The van der Waals surface area contributed by atoms with Gasteiger partial charge in [0.2, 0.25) is 0 Å². The summed E-state index contributed by atoms with van der Waals surface area (Å²) >= 11 is 0. The number of ether oxygens (including phenoxy) is 1. The van der Waals surface area contributed by atoms with Gasteiger partial charge in [-0.3, -0.25) is 4.79 Å². The largest absolute Gasteiger partial charge is 0.481 e. The Kier molecular flexibility index (Phi) is 5.60. The molecule has 1 amide bonds. The van der Waals surface area contributed by atoms with Crippen molar-refractivity contribution in [2.75, 3.05) is 29.9 Å². The Balaban J connectivity index is 1.49. The summed E-state index contributed by atoms with van der Waals surface area (Å²) in [5.74, 6) is 1.31. The van der Waals surface area contributed by atoms with E-state index < -0.39 is 11.7 Å². The van der Waals surface area contributed by atoms with Crippen molar-refractivity contribution in [3.05, 3.63) is 60.4 Å². The van der Waals surface area contributed by atoms with Crippen LogP contribution in [0.25, 0.3) is 10.9 Å². The van der Waals surface area contributed by atoms with Gasteiger partial charge in [-0.1, -0.05) is 31.2 Å². The van der Waals surface area contributed by atoms with Gasteiger partial charge in [0.1, 0.15) is 22.9 Å². The SMILES string of the molecule is CC1CCN(c2ccc3cccc(OCC(=O)Nc4ccccc4F)c3n2)CC1. The van der Waals surface area contributed by atoms with Crippen molar-refractivity contribution in [2.45, 2.75) is 19.8 Å². The second kappa shape index (κ2) is 8.47.